The highest BCUT2D eigenvalue weighted by molar-refractivity contribution is 7.80. The molecule has 10 heteroatoms. The highest BCUT2D eigenvalue weighted by Crippen LogP contribution is 2.28. The Morgan fingerprint density at radius 3 is 2.26 bits per heavy atom. The van der Waals surface area contributed by atoms with E-state index in [1.807, 2.05) is 30.3 Å². The number of ether oxygens (including phenoxy) is 1. The van der Waals surface area contributed by atoms with Gasteiger partial charge in [0.05, 0.1) is 16.4 Å². The van der Waals surface area contributed by atoms with Crippen LogP contribution in [0.4, 0.5) is 5.69 Å². The highest BCUT2D eigenvalue weighted by atomic mass is 35.5. The number of hydrogen-bond donors (Lipinski definition) is 1. The molecule has 1 fully saturated rings. The monoisotopic (exact) mass is 577 g/mol. The van der Waals surface area contributed by atoms with Crippen LogP contribution in [0.1, 0.15) is 5.56 Å². The van der Waals surface area contributed by atoms with Crippen molar-refractivity contribution in [2.45, 2.75) is 0 Å². The summed E-state index contributed by atoms with van der Waals surface area (Å²) in [6.07, 6.45) is 3.19. The molecule has 0 bridgehead atoms. The highest BCUT2D eigenvalue weighted by Gasteiger charge is 2.34. The number of halogens is 2. The molecule has 1 aromatic heterocycles. The molecule has 4 aromatic rings. The molecule has 0 radical (unpaired) electrons. The summed E-state index contributed by atoms with van der Waals surface area (Å²) in [6, 6.07) is 24.6. The number of carbonyl (C=O) groups is 2. The molecule has 3 aromatic carbocycles. The van der Waals surface area contributed by atoms with Crippen molar-refractivity contribution in [3.63, 3.8) is 0 Å². The summed E-state index contributed by atoms with van der Waals surface area (Å²) < 4.78 is 7.85. The smallest absolute Gasteiger partial charge is 0.270 e. The topological polar surface area (TPSA) is 63.6 Å². The Hall–Kier alpha value is -3.82. The second kappa shape index (κ2) is 10.9. The van der Waals surface area contributed by atoms with Crippen LogP contribution in [-0.2, 0) is 9.59 Å². The van der Waals surface area contributed by atoms with E-state index in [-0.39, 0.29) is 10.7 Å². The first-order chi connectivity index (χ1) is 18.3. The molecule has 0 saturated carbocycles. The van der Waals surface area contributed by atoms with Crippen molar-refractivity contribution in [2.24, 2.45) is 0 Å². The molecule has 1 aliphatic heterocycles. The molecule has 0 spiro atoms. The standard InChI is InChI=1S/C28H17Cl2N3O3S2/c29-18-8-13-24(23(30)16-18)32-14-4-5-17(27(32)37)15-22-25(34)31-28(38)33(26(22)35)19-9-11-21(12-10-19)36-20-6-2-1-3-7-20/h1-16H,(H,31,34,38)/b22-15+. The Kier molecular flexibility index (Phi) is 7.40. The second-order valence-electron chi connectivity index (χ2n) is 8.10. The van der Waals surface area contributed by atoms with E-state index in [4.69, 9.17) is 52.4 Å². The van der Waals surface area contributed by atoms with Gasteiger partial charge in [0.25, 0.3) is 11.8 Å². The van der Waals surface area contributed by atoms with Crippen LogP contribution in [0.5, 0.6) is 11.5 Å². The molecule has 5 rings (SSSR count). The number of nitrogens with one attached hydrogen (secondary N) is 1. The third-order valence-corrected chi connectivity index (χ3v) is 6.88. The minimum absolute atomic E-state index is 0.0245. The van der Waals surface area contributed by atoms with Crippen LogP contribution < -0.4 is 15.0 Å². The molecular weight excluding hydrogens is 561 g/mol. The summed E-state index contributed by atoms with van der Waals surface area (Å²) in [6.45, 7) is 0. The summed E-state index contributed by atoms with van der Waals surface area (Å²) in [4.78, 5) is 27.5. The maximum absolute atomic E-state index is 13.5. The summed E-state index contributed by atoms with van der Waals surface area (Å²) in [5, 5.41) is 3.45. The molecule has 1 saturated heterocycles. The van der Waals surface area contributed by atoms with Crippen LogP contribution in [0, 0.1) is 4.64 Å². The van der Waals surface area contributed by atoms with Crippen molar-refractivity contribution in [1.29, 1.82) is 0 Å². The normalized spacial score (nSPS) is 14.5. The lowest BCUT2D eigenvalue weighted by Crippen LogP contribution is -2.54. The predicted octanol–water partition coefficient (Wildman–Crippen LogP) is 7.14. The summed E-state index contributed by atoms with van der Waals surface area (Å²) >= 11 is 23.4. The fourth-order valence-electron chi connectivity index (χ4n) is 3.82. The Morgan fingerprint density at radius 2 is 1.55 bits per heavy atom. The largest absolute Gasteiger partial charge is 0.457 e. The number of para-hydroxylation sites is 1. The van der Waals surface area contributed by atoms with Crippen LogP contribution in [-0.4, -0.2) is 21.5 Å². The van der Waals surface area contributed by atoms with Gasteiger partial charge in [0.1, 0.15) is 21.7 Å². The molecule has 2 amide bonds. The molecule has 6 nitrogen and oxygen atoms in total. The van der Waals surface area contributed by atoms with Gasteiger partial charge in [-0.3, -0.25) is 19.8 Å². The molecule has 1 N–H and O–H groups in total. The molecular formula is C28H17Cl2N3O3S2. The number of nitrogens with zero attached hydrogens (tertiary/aromatic N) is 2. The van der Waals surface area contributed by atoms with E-state index in [1.165, 1.54) is 11.0 Å². The van der Waals surface area contributed by atoms with Gasteiger partial charge < -0.3 is 9.30 Å². The second-order valence-corrected chi connectivity index (χ2v) is 9.72. The zero-order chi connectivity index (χ0) is 26.8. The lowest BCUT2D eigenvalue weighted by Gasteiger charge is -2.29. The Balaban J connectivity index is 1.46. The summed E-state index contributed by atoms with van der Waals surface area (Å²) in [5.74, 6) is 0.0713. The quantitative estimate of drug-likeness (QED) is 0.155. The van der Waals surface area contributed by atoms with E-state index in [0.29, 0.717) is 43.1 Å². The SMILES string of the molecule is O=C1NC(=S)N(c2ccc(Oc3ccccc3)cc2)C(=O)/C1=C/c1cccn(-c2ccc(Cl)cc2Cl)c1=S. The van der Waals surface area contributed by atoms with Crippen molar-refractivity contribution < 1.29 is 14.3 Å². The zero-order valence-electron chi connectivity index (χ0n) is 19.4. The van der Waals surface area contributed by atoms with Crippen molar-refractivity contribution in [3.05, 3.63) is 117 Å². The number of carbonyl (C=O) groups excluding carboxylic acids is 2. The molecule has 2 heterocycles. The van der Waals surface area contributed by atoms with Crippen molar-refractivity contribution in [3.8, 4) is 17.2 Å². The molecule has 0 aliphatic carbocycles. The van der Waals surface area contributed by atoms with Gasteiger partial charge in [-0.15, -0.1) is 0 Å². The Labute approximate surface area is 238 Å². The van der Waals surface area contributed by atoms with Gasteiger partial charge in [0.2, 0.25) is 0 Å². The molecule has 188 valence electrons. The fraction of sp³-hybridized carbons (Fsp3) is 0. The van der Waals surface area contributed by atoms with E-state index >= 15 is 0 Å². The number of pyridine rings is 1. The van der Waals surface area contributed by atoms with Gasteiger partial charge in [0.15, 0.2) is 5.11 Å². The Bertz CT molecular complexity index is 1670. The number of anilines is 1. The van der Waals surface area contributed by atoms with Gasteiger partial charge in [0, 0.05) is 16.8 Å². The van der Waals surface area contributed by atoms with Crippen LogP contribution in [0.3, 0.4) is 0 Å². The predicted molar refractivity (Wildman–Crippen MR) is 156 cm³/mol. The fourth-order valence-corrected chi connectivity index (χ4v) is 4.89. The zero-order valence-corrected chi connectivity index (χ0v) is 22.6. The summed E-state index contributed by atoms with van der Waals surface area (Å²) in [7, 11) is 0. The first-order valence-corrected chi connectivity index (χ1v) is 12.8. The van der Waals surface area contributed by atoms with Crippen molar-refractivity contribution in [2.75, 3.05) is 4.90 Å². The van der Waals surface area contributed by atoms with Crippen LogP contribution in [0.15, 0.2) is 96.7 Å². The van der Waals surface area contributed by atoms with Gasteiger partial charge in [-0.2, -0.15) is 0 Å². The van der Waals surface area contributed by atoms with Gasteiger partial charge in [-0.25, -0.2) is 0 Å². The maximum Gasteiger partial charge on any atom is 0.270 e. The number of hydrogen-bond acceptors (Lipinski definition) is 5. The van der Waals surface area contributed by atoms with E-state index in [1.54, 1.807) is 65.4 Å². The molecule has 38 heavy (non-hydrogen) atoms. The number of thiocarbonyl (C=S) groups is 1. The maximum atomic E-state index is 13.5. The van der Waals surface area contributed by atoms with E-state index in [9.17, 15) is 9.59 Å². The van der Waals surface area contributed by atoms with Crippen LogP contribution >= 0.6 is 47.6 Å². The average Bonchev–Trinajstić information content (AvgIpc) is 2.89. The average molecular weight is 579 g/mol. The van der Waals surface area contributed by atoms with Crippen LogP contribution in [0.25, 0.3) is 11.8 Å². The summed E-state index contributed by atoms with van der Waals surface area (Å²) in [5.41, 5.74) is 1.45. The van der Waals surface area contributed by atoms with Gasteiger partial charge in [-0.05, 0) is 79.0 Å². The molecule has 0 atom stereocenters. The Morgan fingerprint density at radius 1 is 0.842 bits per heavy atom. The van der Waals surface area contributed by atoms with Gasteiger partial charge >= 0.3 is 0 Å². The first-order valence-electron chi connectivity index (χ1n) is 11.2. The van der Waals surface area contributed by atoms with E-state index < -0.39 is 11.8 Å². The van der Waals surface area contributed by atoms with Crippen molar-refractivity contribution in [1.82, 2.24) is 9.88 Å². The number of amides is 2. The van der Waals surface area contributed by atoms with Crippen molar-refractivity contribution >= 4 is 76.3 Å². The molecule has 1 aliphatic rings. The number of rotatable bonds is 5. The van der Waals surface area contributed by atoms with Gasteiger partial charge in [-0.1, -0.05) is 59.7 Å². The number of benzene rings is 3. The third kappa shape index (κ3) is 5.25. The van der Waals surface area contributed by atoms with E-state index in [2.05, 4.69) is 5.32 Å². The molecule has 0 unspecified atom stereocenters. The number of aromatic nitrogens is 1. The minimum Gasteiger partial charge on any atom is -0.457 e. The lowest BCUT2D eigenvalue weighted by atomic mass is 10.1. The first kappa shape index (κ1) is 25.8. The van der Waals surface area contributed by atoms with E-state index in [0.717, 1.165) is 0 Å². The minimum atomic E-state index is -0.616. The van der Waals surface area contributed by atoms with Crippen LogP contribution in [0.2, 0.25) is 10.0 Å². The third-order valence-electron chi connectivity index (χ3n) is 5.62. The lowest BCUT2D eigenvalue weighted by molar-refractivity contribution is -0.122.